The van der Waals surface area contributed by atoms with Crippen LogP contribution in [0, 0.1) is 11.8 Å². The summed E-state index contributed by atoms with van der Waals surface area (Å²) in [7, 11) is 0. The van der Waals surface area contributed by atoms with Crippen molar-refractivity contribution in [3.63, 3.8) is 0 Å². The van der Waals surface area contributed by atoms with Crippen LogP contribution in [0.1, 0.15) is 36.6 Å². The van der Waals surface area contributed by atoms with Gasteiger partial charge >= 0.3 is 5.97 Å². The molecule has 0 fully saturated rings. The normalized spacial score (nSPS) is 13.4. The van der Waals surface area contributed by atoms with E-state index in [1.165, 1.54) is 35.0 Å². The van der Waals surface area contributed by atoms with Gasteiger partial charge in [0.25, 0.3) is 0 Å². The quantitative estimate of drug-likeness (QED) is 0.637. The van der Waals surface area contributed by atoms with Crippen molar-refractivity contribution in [1.29, 1.82) is 0 Å². The molecule has 1 aliphatic rings. The number of fused-ring (bicyclic) bond motifs is 3. The van der Waals surface area contributed by atoms with Gasteiger partial charge in [-0.25, -0.2) is 4.79 Å². The van der Waals surface area contributed by atoms with Gasteiger partial charge in [-0.05, 0) is 56.4 Å². The monoisotopic (exact) mass is 267 g/mol. The summed E-state index contributed by atoms with van der Waals surface area (Å²) in [5.41, 5.74) is 4.81. The lowest BCUT2D eigenvalue weighted by molar-refractivity contribution is -0.136. The Balaban J connectivity index is 1.96. The van der Waals surface area contributed by atoms with E-state index in [1.54, 1.807) is 6.92 Å². The minimum absolute atomic E-state index is 0.359. The van der Waals surface area contributed by atoms with Gasteiger partial charge in [0.1, 0.15) is 0 Å². The molecule has 1 aromatic carbocycles. The summed E-state index contributed by atoms with van der Waals surface area (Å²) >= 11 is 0. The number of benzene rings is 1. The minimum Gasteiger partial charge on any atom is -0.456 e. The second-order valence-corrected chi connectivity index (χ2v) is 5.02. The average molecular weight is 267 g/mol. The molecule has 1 aromatic heterocycles. The van der Waals surface area contributed by atoms with Gasteiger partial charge in [0.15, 0.2) is 0 Å². The van der Waals surface area contributed by atoms with Gasteiger partial charge in [0.05, 0.1) is 6.61 Å². The number of hydrogen-bond donors (Lipinski definition) is 1. The summed E-state index contributed by atoms with van der Waals surface area (Å²) < 4.78 is 4.81. The molecule has 0 atom stereocenters. The maximum Gasteiger partial charge on any atom is 0.384 e. The lowest BCUT2D eigenvalue weighted by Gasteiger charge is -2.10. The van der Waals surface area contributed by atoms with Gasteiger partial charge in [-0.3, -0.25) is 0 Å². The second-order valence-electron chi connectivity index (χ2n) is 5.02. The third-order valence-electron chi connectivity index (χ3n) is 3.68. The lowest BCUT2D eigenvalue weighted by Crippen LogP contribution is -2.00. The van der Waals surface area contributed by atoms with Crippen molar-refractivity contribution < 1.29 is 9.53 Å². The van der Waals surface area contributed by atoms with Gasteiger partial charge in [-0.1, -0.05) is 5.92 Å². The molecule has 0 aliphatic heterocycles. The first-order chi connectivity index (χ1) is 9.78. The van der Waals surface area contributed by atoms with E-state index in [-0.39, 0.29) is 0 Å². The highest BCUT2D eigenvalue weighted by molar-refractivity contribution is 5.90. The highest BCUT2D eigenvalue weighted by Crippen LogP contribution is 2.29. The van der Waals surface area contributed by atoms with Crippen LogP contribution in [0.5, 0.6) is 0 Å². The molecule has 0 saturated heterocycles. The van der Waals surface area contributed by atoms with E-state index in [2.05, 4.69) is 22.9 Å². The van der Waals surface area contributed by atoms with E-state index >= 15 is 0 Å². The number of carbonyl (C=O) groups excluding carboxylic acids is 1. The van der Waals surface area contributed by atoms with Gasteiger partial charge in [-0.2, -0.15) is 0 Å². The van der Waals surface area contributed by atoms with Crippen molar-refractivity contribution in [2.24, 2.45) is 0 Å². The number of carbonyl (C=O) groups is 1. The predicted molar refractivity (Wildman–Crippen MR) is 78.5 cm³/mol. The van der Waals surface area contributed by atoms with Gasteiger partial charge in [-0.15, -0.1) is 0 Å². The molecule has 3 nitrogen and oxygen atoms in total. The molecule has 0 saturated carbocycles. The first-order valence-electron chi connectivity index (χ1n) is 7.10. The Morgan fingerprint density at radius 1 is 1.35 bits per heavy atom. The number of rotatable bonds is 1. The van der Waals surface area contributed by atoms with E-state index in [9.17, 15) is 4.79 Å². The molecule has 1 aliphatic carbocycles. The molecule has 3 rings (SSSR count). The maximum atomic E-state index is 11.3. The van der Waals surface area contributed by atoms with Crippen LogP contribution in [-0.2, 0) is 22.4 Å². The average Bonchev–Trinajstić information content (AvgIpc) is 2.83. The molecule has 2 aromatic rings. The highest BCUT2D eigenvalue weighted by Gasteiger charge is 2.15. The van der Waals surface area contributed by atoms with Crippen LogP contribution in [0.4, 0.5) is 0 Å². The largest absolute Gasteiger partial charge is 0.456 e. The fourth-order valence-electron chi connectivity index (χ4n) is 2.77. The number of aromatic amines is 1. The number of aryl methyl sites for hydroxylation is 2. The zero-order valence-corrected chi connectivity index (χ0v) is 11.6. The molecule has 1 N–H and O–H groups in total. The van der Waals surface area contributed by atoms with Crippen molar-refractivity contribution in [1.82, 2.24) is 4.98 Å². The molecule has 20 heavy (non-hydrogen) atoms. The summed E-state index contributed by atoms with van der Waals surface area (Å²) in [5.74, 6) is 4.93. The number of H-pyrrole nitrogens is 1. The topological polar surface area (TPSA) is 42.1 Å². The molecule has 0 bridgehead atoms. The Kier molecular flexibility index (Phi) is 3.47. The Labute approximate surface area is 118 Å². The first-order valence-corrected chi connectivity index (χ1v) is 7.10. The summed E-state index contributed by atoms with van der Waals surface area (Å²) in [4.78, 5) is 14.7. The number of aromatic nitrogens is 1. The zero-order valence-electron chi connectivity index (χ0n) is 11.6. The van der Waals surface area contributed by atoms with Crippen LogP contribution < -0.4 is 0 Å². The van der Waals surface area contributed by atoms with Crippen molar-refractivity contribution >= 4 is 16.9 Å². The number of ether oxygens (including phenoxy) is 1. The third kappa shape index (κ3) is 2.42. The van der Waals surface area contributed by atoms with E-state index in [1.807, 2.05) is 12.1 Å². The van der Waals surface area contributed by atoms with Crippen LogP contribution in [0.15, 0.2) is 18.2 Å². The molecule has 0 unspecified atom stereocenters. The summed E-state index contributed by atoms with van der Waals surface area (Å²) in [6.07, 6.45) is 4.77. The molecule has 3 heteroatoms. The zero-order chi connectivity index (χ0) is 13.9. The van der Waals surface area contributed by atoms with Crippen LogP contribution in [0.25, 0.3) is 10.9 Å². The molecule has 0 radical (unpaired) electrons. The maximum absolute atomic E-state index is 11.3. The van der Waals surface area contributed by atoms with Crippen molar-refractivity contribution in [2.45, 2.75) is 32.6 Å². The molecular weight excluding hydrogens is 250 g/mol. The molecular formula is C17H17NO2. The summed E-state index contributed by atoms with van der Waals surface area (Å²) in [6.45, 7) is 2.13. The second kappa shape index (κ2) is 5.42. The SMILES string of the molecule is CCOC(=O)C#Cc1ccc2[nH]c3c(c2c1)CCCC3. The fourth-order valence-corrected chi connectivity index (χ4v) is 2.77. The Hall–Kier alpha value is -2.21. The van der Waals surface area contributed by atoms with Gasteiger partial charge < -0.3 is 9.72 Å². The highest BCUT2D eigenvalue weighted by atomic mass is 16.5. The third-order valence-corrected chi connectivity index (χ3v) is 3.68. The Morgan fingerprint density at radius 3 is 3.05 bits per heavy atom. The Morgan fingerprint density at radius 2 is 2.20 bits per heavy atom. The van der Waals surface area contributed by atoms with E-state index in [4.69, 9.17) is 4.74 Å². The number of esters is 1. The van der Waals surface area contributed by atoms with Gasteiger partial charge in [0, 0.05) is 28.1 Å². The summed E-state index contributed by atoms with van der Waals surface area (Å²) in [5, 5.41) is 1.25. The van der Waals surface area contributed by atoms with Crippen LogP contribution in [0.2, 0.25) is 0 Å². The van der Waals surface area contributed by atoms with Crippen molar-refractivity contribution in [3.8, 4) is 11.8 Å². The first kappa shape index (κ1) is 12.8. The van der Waals surface area contributed by atoms with E-state index < -0.39 is 5.97 Å². The van der Waals surface area contributed by atoms with Crippen LogP contribution in [-0.4, -0.2) is 17.6 Å². The molecule has 0 spiro atoms. The molecule has 1 heterocycles. The van der Waals surface area contributed by atoms with E-state index in [0.717, 1.165) is 18.4 Å². The predicted octanol–water partition coefficient (Wildman–Crippen LogP) is 2.96. The van der Waals surface area contributed by atoms with Crippen LogP contribution in [0.3, 0.4) is 0 Å². The van der Waals surface area contributed by atoms with Gasteiger partial charge in [0.2, 0.25) is 0 Å². The summed E-state index contributed by atoms with van der Waals surface area (Å²) in [6, 6.07) is 6.06. The fraction of sp³-hybridized carbons (Fsp3) is 0.353. The lowest BCUT2D eigenvalue weighted by atomic mass is 9.95. The van der Waals surface area contributed by atoms with Crippen molar-refractivity contribution in [2.75, 3.05) is 6.61 Å². The standard InChI is InChI=1S/C17H17NO2/c1-2-20-17(19)10-8-12-7-9-16-14(11-12)13-5-3-4-6-15(13)18-16/h7,9,11,18H,2-6H2,1H3. The molecule has 102 valence electrons. The Bertz CT molecular complexity index is 716. The number of nitrogens with one attached hydrogen (secondary N) is 1. The van der Waals surface area contributed by atoms with Crippen molar-refractivity contribution in [3.05, 3.63) is 35.0 Å². The van der Waals surface area contributed by atoms with E-state index in [0.29, 0.717) is 6.61 Å². The smallest absolute Gasteiger partial charge is 0.384 e. The van der Waals surface area contributed by atoms with Crippen LogP contribution >= 0.6 is 0 Å². The minimum atomic E-state index is -0.469. The molecule has 0 amide bonds. The number of hydrogen-bond acceptors (Lipinski definition) is 2.